The number of unbranched alkanes of at least 4 members (excludes halogenated alkanes) is 1. The first-order valence-corrected chi connectivity index (χ1v) is 6.20. The highest BCUT2D eigenvalue weighted by molar-refractivity contribution is 5.15. The first kappa shape index (κ1) is 13.2. The van der Waals surface area contributed by atoms with Gasteiger partial charge in [-0.15, -0.1) is 0 Å². The summed E-state index contributed by atoms with van der Waals surface area (Å²) in [5, 5.41) is 0. The molecule has 1 unspecified atom stereocenters. The average molecular weight is 221 g/mol. The number of hydrogen-bond donors (Lipinski definition) is 1. The molecule has 16 heavy (non-hydrogen) atoms. The van der Waals surface area contributed by atoms with E-state index in [0.29, 0.717) is 0 Å². The molecule has 0 spiro atoms. The largest absolute Gasteiger partial charge is 0.381 e. The van der Waals surface area contributed by atoms with E-state index in [-0.39, 0.29) is 6.04 Å². The predicted octanol–water partition coefficient (Wildman–Crippen LogP) is 2.76. The highest BCUT2D eigenvalue weighted by Gasteiger charge is 2.03. The third kappa shape index (κ3) is 5.89. The summed E-state index contributed by atoms with van der Waals surface area (Å²) in [4.78, 5) is 0. The van der Waals surface area contributed by atoms with Crippen molar-refractivity contribution in [2.75, 3.05) is 13.2 Å². The van der Waals surface area contributed by atoms with E-state index in [1.165, 1.54) is 12.0 Å². The van der Waals surface area contributed by atoms with Crippen LogP contribution in [0.1, 0.15) is 31.7 Å². The van der Waals surface area contributed by atoms with E-state index in [0.717, 1.165) is 32.5 Å². The molecule has 0 fully saturated rings. The van der Waals surface area contributed by atoms with Crippen LogP contribution in [0.4, 0.5) is 0 Å². The Hall–Kier alpha value is -0.860. The highest BCUT2D eigenvalue weighted by Crippen LogP contribution is 2.04. The molecule has 0 aromatic heterocycles. The van der Waals surface area contributed by atoms with Gasteiger partial charge in [0.2, 0.25) is 0 Å². The van der Waals surface area contributed by atoms with Crippen LogP contribution in [0.3, 0.4) is 0 Å². The SMILES string of the molecule is CCCCOCCC(N)Cc1ccccc1. The average Bonchev–Trinajstić information content (AvgIpc) is 2.30. The van der Waals surface area contributed by atoms with Crippen LogP contribution in [0.25, 0.3) is 0 Å². The Balaban J connectivity index is 2.09. The molecule has 0 amide bonds. The highest BCUT2D eigenvalue weighted by atomic mass is 16.5. The molecule has 0 saturated heterocycles. The fourth-order valence-electron chi connectivity index (χ4n) is 1.60. The molecule has 2 nitrogen and oxygen atoms in total. The van der Waals surface area contributed by atoms with Crippen LogP contribution >= 0.6 is 0 Å². The standard InChI is InChI=1S/C14H23NO/c1-2-3-10-16-11-9-14(15)12-13-7-5-4-6-8-13/h4-8,14H,2-3,9-12,15H2,1H3. The van der Waals surface area contributed by atoms with Crippen molar-refractivity contribution in [2.45, 2.75) is 38.6 Å². The lowest BCUT2D eigenvalue weighted by molar-refractivity contribution is 0.124. The van der Waals surface area contributed by atoms with E-state index in [1.807, 2.05) is 6.07 Å². The molecule has 1 aromatic carbocycles. The van der Waals surface area contributed by atoms with Gasteiger partial charge in [-0.3, -0.25) is 0 Å². The van der Waals surface area contributed by atoms with Crippen LogP contribution in [-0.4, -0.2) is 19.3 Å². The molecule has 90 valence electrons. The minimum absolute atomic E-state index is 0.212. The minimum Gasteiger partial charge on any atom is -0.381 e. The summed E-state index contributed by atoms with van der Waals surface area (Å²) in [5.74, 6) is 0. The van der Waals surface area contributed by atoms with Gasteiger partial charge in [0.15, 0.2) is 0 Å². The summed E-state index contributed by atoms with van der Waals surface area (Å²) in [6.07, 6.45) is 4.22. The van der Waals surface area contributed by atoms with E-state index in [9.17, 15) is 0 Å². The number of hydrogen-bond acceptors (Lipinski definition) is 2. The van der Waals surface area contributed by atoms with Crippen LogP contribution in [0, 0.1) is 0 Å². The van der Waals surface area contributed by atoms with Gasteiger partial charge in [0.25, 0.3) is 0 Å². The maximum Gasteiger partial charge on any atom is 0.0480 e. The molecule has 0 saturated carbocycles. The molecule has 1 atom stereocenters. The van der Waals surface area contributed by atoms with Crippen LogP contribution in [0.5, 0.6) is 0 Å². The second-order valence-corrected chi connectivity index (χ2v) is 4.20. The molecule has 1 aromatic rings. The van der Waals surface area contributed by atoms with E-state index in [2.05, 4.69) is 31.2 Å². The zero-order chi connectivity index (χ0) is 11.6. The summed E-state index contributed by atoms with van der Waals surface area (Å²) in [6.45, 7) is 3.83. The Morgan fingerprint density at radius 3 is 2.62 bits per heavy atom. The minimum atomic E-state index is 0.212. The van der Waals surface area contributed by atoms with Gasteiger partial charge < -0.3 is 10.5 Å². The molecular weight excluding hydrogens is 198 g/mol. The Morgan fingerprint density at radius 1 is 1.19 bits per heavy atom. The third-order valence-electron chi connectivity index (χ3n) is 2.62. The lowest BCUT2D eigenvalue weighted by atomic mass is 10.0. The van der Waals surface area contributed by atoms with Crippen molar-refractivity contribution in [3.05, 3.63) is 35.9 Å². The Labute approximate surface area is 98.8 Å². The number of nitrogens with two attached hydrogens (primary N) is 1. The molecule has 0 heterocycles. The summed E-state index contributed by atoms with van der Waals surface area (Å²) in [5.41, 5.74) is 7.35. The molecule has 2 N–H and O–H groups in total. The van der Waals surface area contributed by atoms with Gasteiger partial charge in [0, 0.05) is 19.3 Å². The maximum absolute atomic E-state index is 6.04. The molecule has 0 bridgehead atoms. The van der Waals surface area contributed by atoms with E-state index in [4.69, 9.17) is 10.5 Å². The monoisotopic (exact) mass is 221 g/mol. The molecule has 2 heteroatoms. The lowest BCUT2D eigenvalue weighted by Gasteiger charge is -2.11. The summed E-state index contributed by atoms with van der Waals surface area (Å²) in [7, 11) is 0. The molecule has 0 aliphatic carbocycles. The fraction of sp³-hybridized carbons (Fsp3) is 0.571. The molecular formula is C14H23NO. The van der Waals surface area contributed by atoms with Gasteiger partial charge in [0.05, 0.1) is 0 Å². The molecule has 0 radical (unpaired) electrons. The first-order valence-electron chi connectivity index (χ1n) is 6.20. The lowest BCUT2D eigenvalue weighted by Crippen LogP contribution is -2.24. The van der Waals surface area contributed by atoms with Crippen molar-refractivity contribution in [3.63, 3.8) is 0 Å². The normalized spacial score (nSPS) is 12.6. The summed E-state index contributed by atoms with van der Waals surface area (Å²) in [6, 6.07) is 10.6. The van der Waals surface area contributed by atoms with Gasteiger partial charge in [-0.2, -0.15) is 0 Å². The second-order valence-electron chi connectivity index (χ2n) is 4.20. The number of rotatable bonds is 8. The van der Waals surface area contributed by atoms with E-state index >= 15 is 0 Å². The first-order chi connectivity index (χ1) is 7.83. The van der Waals surface area contributed by atoms with E-state index in [1.54, 1.807) is 0 Å². The second kappa shape index (κ2) is 8.31. The van der Waals surface area contributed by atoms with E-state index < -0.39 is 0 Å². The maximum atomic E-state index is 6.04. The fourth-order valence-corrected chi connectivity index (χ4v) is 1.60. The summed E-state index contributed by atoms with van der Waals surface area (Å²) < 4.78 is 5.50. The third-order valence-corrected chi connectivity index (χ3v) is 2.62. The predicted molar refractivity (Wildman–Crippen MR) is 68.5 cm³/mol. The quantitative estimate of drug-likeness (QED) is 0.685. The van der Waals surface area contributed by atoms with Gasteiger partial charge >= 0.3 is 0 Å². The van der Waals surface area contributed by atoms with Crippen LogP contribution < -0.4 is 5.73 Å². The number of benzene rings is 1. The smallest absolute Gasteiger partial charge is 0.0480 e. The summed E-state index contributed by atoms with van der Waals surface area (Å²) >= 11 is 0. The molecule has 0 aliphatic rings. The molecule has 1 rings (SSSR count). The van der Waals surface area contributed by atoms with Gasteiger partial charge in [-0.25, -0.2) is 0 Å². The zero-order valence-electron chi connectivity index (χ0n) is 10.2. The van der Waals surface area contributed by atoms with Gasteiger partial charge in [-0.1, -0.05) is 43.7 Å². The Bertz CT molecular complexity index is 261. The number of ether oxygens (including phenoxy) is 1. The van der Waals surface area contributed by atoms with Crippen molar-refractivity contribution in [2.24, 2.45) is 5.73 Å². The van der Waals surface area contributed by atoms with Crippen molar-refractivity contribution in [1.29, 1.82) is 0 Å². The van der Waals surface area contributed by atoms with Crippen LogP contribution in [0.2, 0.25) is 0 Å². The Morgan fingerprint density at radius 2 is 1.94 bits per heavy atom. The van der Waals surface area contributed by atoms with Crippen molar-refractivity contribution in [3.8, 4) is 0 Å². The van der Waals surface area contributed by atoms with Crippen molar-refractivity contribution < 1.29 is 4.74 Å². The van der Waals surface area contributed by atoms with Crippen LogP contribution in [0.15, 0.2) is 30.3 Å². The zero-order valence-corrected chi connectivity index (χ0v) is 10.2. The van der Waals surface area contributed by atoms with Gasteiger partial charge in [0.1, 0.15) is 0 Å². The van der Waals surface area contributed by atoms with Crippen LogP contribution in [-0.2, 0) is 11.2 Å². The van der Waals surface area contributed by atoms with Gasteiger partial charge in [-0.05, 0) is 24.8 Å². The Kier molecular flexibility index (Phi) is 6.86. The topological polar surface area (TPSA) is 35.2 Å². The molecule has 0 aliphatic heterocycles. The van der Waals surface area contributed by atoms with Crippen molar-refractivity contribution >= 4 is 0 Å². The van der Waals surface area contributed by atoms with Crippen molar-refractivity contribution in [1.82, 2.24) is 0 Å².